The summed E-state index contributed by atoms with van der Waals surface area (Å²) in [6.45, 7) is 3.01. The van der Waals surface area contributed by atoms with Gasteiger partial charge in [-0.05, 0) is 26.0 Å². The van der Waals surface area contributed by atoms with Crippen LogP contribution in [-0.4, -0.2) is 40.9 Å². The lowest BCUT2D eigenvalue weighted by Crippen LogP contribution is -2.36. The Bertz CT molecular complexity index is 728. The van der Waals surface area contributed by atoms with E-state index in [0.717, 1.165) is 6.20 Å². The second kappa shape index (κ2) is 7.65. The molecule has 9 heteroatoms. The molecule has 1 heterocycles. The van der Waals surface area contributed by atoms with E-state index in [4.69, 9.17) is 9.47 Å². The normalized spacial score (nSPS) is 18.8. The van der Waals surface area contributed by atoms with E-state index in [-0.39, 0.29) is 24.4 Å². The molecule has 2 aliphatic rings. The van der Waals surface area contributed by atoms with Gasteiger partial charge in [-0.1, -0.05) is 12.2 Å². The number of carbonyl (C=O) groups excluding carboxylic acids is 2. The van der Waals surface area contributed by atoms with E-state index in [9.17, 15) is 24.6 Å². The summed E-state index contributed by atoms with van der Waals surface area (Å²) >= 11 is 0. The Kier molecular flexibility index (Phi) is 5.58. The summed E-state index contributed by atoms with van der Waals surface area (Å²) in [6, 6.07) is -0.890. The largest absolute Gasteiger partial charge is 0.465 e. The van der Waals surface area contributed by atoms with Gasteiger partial charge < -0.3 is 9.47 Å². The van der Waals surface area contributed by atoms with Crippen LogP contribution in [0.5, 0.6) is 0 Å². The molecule has 1 atom stereocenters. The van der Waals surface area contributed by atoms with Crippen molar-refractivity contribution in [3.05, 3.63) is 62.4 Å². The van der Waals surface area contributed by atoms with E-state index < -0.39 is 34.5 Å². The minimum atomic E-state index is -1.70. The van der Waals surface area contributed by atoms with Gasteiger partial charge in [0, 0.05) is 9.67 Å². The number of esters is 2. The van der Waals surface area contributed by atoms with Crippen molar-refractivity contribution in [2.75, 3.05) is 13.2 Å². The van der Waals surface area contributed by atoms with Crippen LogP contribution in [-0.2, 0) is 19.1 Å². The summed E-state index contributed by atoms with van der Waals surface area (Å²) in [5.41, 5.74) is -0.717. The Morgan fingerprint density at radius 1 is 1.24 bits per heavy atom. The minimum Gasteiger partial charge on any atom is -0.465 e. The molecule has 2 rings (SSSR count). The molecule has 0 bridgehead atoms. The average Bonchev–Trinajstić information content (AvgIpc) is 2.55. The zero-order chi connectivity index (χ0) is 18.6. The first kappa shape index (κ1) is 18.2. The van der Waals surface area contributed by atoms with Crippen LogP contribution in [0.2, 0.25) is 0 Å². The summed E-state index contributed by atoms with van der Waals surface area (Å²) in [4.78, 5) is 47.6. The number of fused-ring (bicyclic) bond motifs is 1. The molecule has 0 amide bonds. The molecule has 25 heavy (non-hydrogen) atoms. The van der Waals surface area contributed by atoms with Gasteiger partial charge in [0.05, 0.1) is 18.1 Å². The number of carbonyl (C=O) groups is 2. The molecule has 0 radical (unpaired) electrons. The van der Waals surface area contributed by atoms with Crippen molar-refractivity contribution in [2.45, 2.75) is 19.9 Å². The topological polar surface area (TPSA) is 116 Å². The molecular formula is C16H17N2O7+. The Balaban J connectivity index is 2.60. The van der Waals surface area contributed by atoms with Crippen molar-refractivity contribution in [3.8, 4) is 0 Å². The molecular weight excluding hydrogens is 332 g/mol. The molecule has 0 fully saturated rings. The lowest BCUT2D eigenvalue weighted by molar-refractivity contribution is -0.508. The predicted octanol–water partition coefficient (Wildman–Crippen LogP) is 1.43. The van der Waals surface area contributed by atoms with Crippen LogP contribution in [0.3, 0.4) is 0 Å². The summed E-state index contributed by atoms with van der Waals surface area (Å²) in [6.07, 6.45) is 6.91. The molecule has 0 spiro atoms. The summed E-state index contributed by atoms with van der Waals surface area (Å²) in [5.74, 6) is -3.71. The first-order valence-corrected chi connectivity index (χ1v) is 7.66. The summed E-state index contributed by atoms with van der Waals surface area (Å²) in [7, 11) is 0. The molecule has 1 aliphatic carbocycles. The maximum Gasteiger partial charge on any atom is 0.325 e. The second-order valence-corrected chi connectivity index (χ2v) is 5.13. The molecule has 0 saturated heterocycles. The van der Waals surface area contributed by atoms with Crippen molar-refractivity contribution in [3.63, 3.8) is 0 Å². The third-order valence-corrected chi connectivity index (χ3v) is 3.62. The molecule has 9 nitrogen and oxygen atoms in total. The zero-order valence-corrected chi connectivity index (χ0v) is 13.7. The van der Waals surface area contributed by atoms with E-state index in [1.807, 2.05) is 0 Å². The molecule has 0 saturated carbocycles. The van der Waals surface area contributed by atoms with Gasteiger partial charge in [0.25, 0.3) is 11.7 Å². The smallest absolute Gasteiger partial charge is 0.325 e. The van der Waals surface area contributed by atoms with Gasteiger partial charge in [-0.25, -0.2) is 0 Å². The number of nitrogens with zero attached hydrogens (tertiary/aromatic N) is 2. The van der Waals surface area contributed by atoms with Crippen LogP contribution in [0.1, 0.15) is 13.8 Å². The van der Waals surface area contributed by atoms with E-state index >= 15 is 0 Å². The van der Waals surface area contributed by atoms with Gasteiger partial charge >= 0.3 is 11.9 Å². The highest BCUT2D eigenvalue weighted by atomic mass is 16.6. The lowest BCUT2D eigenvalue weighted by atomic mass is 9.87. The van der Waals surface area contributed by atoms with E-state index in [0.29, 0.717) is 4.76 Å². The van der Waals surface area contributed by atoms with Crippen molar-refractivity contribution in [2.24, 2.45) is 5.92 Å². The number of hydrogen-bond donors (Lipinski definition) is 0. The average molecular weight is 349 g/mol. The number of nitroso groups, excluding NO2 is 1. The number of ether oxygens (including phenoxy) is 2. The third-order valence-electron chi connectivity index (χ3n) is 3.62. The fraction of sp³-hybridized carbons (Fsp3) is 0.375. The van der Waals surface area contributed by atoms with Crippen LogP contribution in [0.4, 0.5) is 0 Å². The Hall–Kier alpha value is -3.10. The van der Waals surface area contributed by atoms with Gasteiger partial charge in [0.1, 0.15) is 11.1 Å². The van der Waals surface area contributed by atoms with Crippen LogP contribution in [0.25, 0.3) is 0 Å². The second-order valence-electron chi connectivity index (χ2n) is 5.13. The van der Waals surface area contributed by atoms with Crippen molar-refractivity contribution < 1.29 is 28.7 Å². The lowest BCUT2D eigenvalue weighted by Gasteiger charge is -2.19. The van der Waals surface area contributed by atoms with Crippen LogP contribution < -0.4 is 0 Å². The summed E-state index contributed by atoms with van der Waals surface area (Å²) < 4.78 is 10.2. The monoisotopic (exact) mass is 349 g/mol. The maximum absolute atomic E-state index is 12.3. The Morgan fingerprint density at radius 2 is 1.84 bits per heavy atom. The number of rotatable bonds is 6. The fourth-order valence-corrected chi connectivity index (χ4v) is 2.64. The van der Waals surface area contributed by atoms with Crippen LogP contribution in [0.15, 0.2) is 47.3 Å². The minimum absolute atomic E-state index is 0.0290. The molecule has 1 unspecified atom stereocenters. The first-order valence-electron chi connectivity index (χ1n) is 7.66. The molecule has 0 aromatic heterocycles. The van der Waals surface area contributed by atoms with Gasteiger partial charge in [0.15, 0.2) is 5.92 Å². The highest BCUT2D eigenvalue weighted by Crippen LogP contribution is 2.34. The van der Waals surface area contributed by atoms with Crippen molar-refractivity contribution in [1.82, 2.24) is 0 Å². The maximum atomic E-state index is 12.3. The first-order chi connectivity index (χ1) is 11.9. The van der Waals surface area contributed by atoms with Gasteiger partial charge in [-0.15, -0.1) is 0 Å². The number of nitro groups is 1. The van der Waals surface area contributed by atoms with Crippen LogP contribution >= 0.6 is 0 Å². The van der Waals surface area contributed by atoms with Gasteiger partial charge in [-0.3, -0.25) is 19.7 Å². The van der Waals surface area contributed by atoms with Gasteiger partial charge in [0.2, 0.25) is 6.20 Å². The quantitative estimate of drug-likeness (QED) is 0.234. The highest BCUT2D eigenvalue weighted by Gasteiger charge is 2.49. The van der Waals surface area contributed by atoms with Crippen LogP contribution in [0, 0.1) is 20.9 Å². The number of hydrogen-bond acceptors (Lipinski definition) is 7. The highest BCUT2D eigenvalue weighted by molar-refractivity contribution is 5.99. The SMILES string of the molecule is CCOC(=O)C(C(=O)OCC)C1=C[N+](=O)C2C=CC=CC2=C1[N+](=O)[O-]. The molecule has 0 aromatic carbocycles. The summed E-state index contributed by atoms with van der Waals surface area (Å²) in [5, 5.41) is 11.6. The Morgan fingerprint density at radius 3 is 2.36 bits per heavy atom. The van der Waals surface area contributed by atoms with Crippen molar-refractivity contribution >= 4 is 11.9 Å². The molecule has 132 valence electrons. The number of allylic oxidation sites excluding steroid dienone is 3. The van der Waals surface area contributed by atoms with E-state index in [2.05, 4.69) is 0 Å². The zero-order valence-electron chi connectivity index (χ0n) is 13.7. The van der Waals surface area contributed by atoms with E-state index in [1.54, 1.807) is 6.08 Å². The van der Waals surface area contributed by atoms with Gasteiger partial charge in [-0.2, -0.15) is 0 Å². The van der Waals surface area contributed by atoms with Crippen molar-refractivity contribution in [1.29, 1.82) is 0 Å². The molecule has 1 aliphatic heterocycles. The molecule has 0 aromatic rings. The van der Waals surface area contributed by atoms with E-state index in [1.165, 1.54) is 32.1 Å². The Labute approximate surface area is 143 Å². The third kappa shape index (κ3) is 3.54. The fourth-order valence-electron chi connectivity index (χ4n) is 2.64. The standard InChI is InChI=1S/C16H17N2O7/c1-3-24-15(19)13(16(20)25-4-2)11-9-17(21)12-8-6-5-7-10(12)14(11)18(22)23/h5-9,12-13H,3-4H2,1-2H3/q+1. The molecule has 0 N–H and O–H groups in total. The predicted molar refractivity (Wildman–Crippen MR) is 84.6 cm³/mol.